The average molecular weight is 292 g/mol. The number of nitrogens with one attached hydrogen (secondary N) is 1. The van der Waals surface area contributed by atoms with Gasteiger partial charge in [-0.15, -0.1) is 0 Å². The predicted octanol–water partition coefficient (Wildman–Crippen LogP) is 1.45. The van der Waals surface area contributed by atoms with Gasteiger partial charge in [-0.2, -0.15) is 0 Å². The van der Waals surface area contributed by atoms with E-state index in [1.165, 1.54) is 7.11 Å². The maximum Gasteiger partial charge on any atom is 0.317 e. The maximum absolute atomic E-state index is 12.2. The Morgan fingerprint density at radius 3 is 2.90 bits per heavy atom. The van der Waals surface area contributed by atoms with E-state index in [9.17, 15) is 4.79 Å². The van der Waals surface area contributed by atoms with Gasteiger partial charge in [0.15, 0.2) is 10.8 Å². The summed E-state index contributed by atoms with van der Waals surface area (Å²) in [7, 11) is 3.20. The van der Waals surface area contributed by atoms with E-state index in [-0.39, 0.29) is 12.0 Å². The first-order valence-corrected chi connectivity index (χ1v) is 6.80. The lowest BCUT2D eigenvalue weighted by Crippen LogP contribution is -2.70. The summed E-state index contributed by atoms with van der Waals surface area (Å²) < 4.78 is 11.1. The van der Waals surface area contributed by atoms with E-state index in [2.05, 4.69) is 5.32 Å². The highest BCUT2D eigenvalue weighted by atomic mass is 32.1. The van der Waals surface area contributed by atoms with Crippen molar-refractivity contribution in [3.8, 4) is 5.75 Å². The molecule has 0 unspecified atom stereocenters. The molecule has 1 saturated heterocycles. The number of carbonyl (C=O) groups excluding carboxylic acids is 1. The van der Waals surface area contributed by atoms with Crippen LogP contribution in [0.2, 0.25) is 0 Å². The Morgan fingerprint density at radius 1 is 1.50 bits per heavy atom. The normalized spacial score (nSPS) is 30.9. The van der Waals surface area contributed by atoms with Gasteiger partial charge < -0.3 is 19.7 Å². The number of hydrogen-bond donors (Lipinski definition) is 1. The second-order valence-corrected chi connectivity index (χ2v) is 5.57. The fourth-order valence-corrected chi connectivity index (χ4v) is 3.26. The van der Waals surface area contributed by atoms with Crippen molar-refractivity contribution < 1.29 is 14.3 Å². The van der Waals surface area contributed by atoms with Crippen molar-refractivity contribution in [1.82, 2.24) is 10.2 Å². The smallest absolute Gasteiger partial charge is 0.317 e. The van der Waals surface area contributed by atoms with E-state index in [1.807, 2.05) is 38.2 Å². The van der Waals surface area contributed by atoms with Crippen LogP contribution in [0.25, 0.3) is 0 Å². The molecule has 0 aliphatic carbocycles. The molecule has 2 heterocycles. The summed E-state index contributed by atoms with van der Waals surface area (Å²) in [5, 5.41) is 3.78. The van der Waals surface area contributed by atoms with Crippen LogP contribution in [0, 0.1) is 5.92 Å². The molecule has 106 valence electrons. The molecular weight excluding hydrogens is 276 g/mol. The first-order chi connectivity index (χ1) is 9.49. The minimum absolute atomic E-state index is 0.235. The van der Waals surface area contributed by atoms with Gasteiger partial charge in [-0.1, -0.05) is 18.2 Å². The number of nitrogens with zero attached hydrogens (tertiary/aromatic N) is 1. The number of carbonyl (C=O) groups is 1. The summed E-state index contributed by atoms with van der Waals surface area (Å²) in [5.74, 6) is -0.0324. The summed E-state index contributed by atoms with van der Waals surface area (Å²) in [4.78, 5) is 14.0. The van der Waals surface area contributed by atoms with Crippen molar-refractivity contribution in [2.75, 3.05) is 14.2 Å². The zero-order valence-corrected chi connectivity index (χ0v) is 12.4. The van der Waals surface area contributed by atoms with Crippen LogP contribution in [-0.4, -0.2) is 35.9 Å². The van der Waals surface area contributed by atoms with Gasteiger partial charge in [-0.3, -0.25) is 4.79 Å². The van der Waals surface area contributed by atoms with Crippen molar-refractivity contribution in [2.45, 2.75) is 18.7 Å². The van der Waals surface area contributed by atoms with Crippen molar-refractivity contribution >= 4 is 23.3 Å². The van der Waals surface area contributed by atoms with E-state index in [0.29, 0.717) is 5.11 Å². The van der Waals surface area contributed by atoms with E-state index < -0.39 is 11.6 Å². The second kappa shape index (κ2) is 4.34. The molecule has 0 amide bonds. The van der Waals surface area contributed by atoms with Crippen LogP contribution in [-0.2, 0) is 9.53 Å². The number of methoxy groups -OCH3 is 1. The first-order valence-electron chi connectivity index (χ1n) is 6.39. The van der Waals surface area contributed by atoms with Crippen LogP contribution in [0.1, 0.15) is 18.5 Å². The lowest BCUT2D eigenvalue weighted by Gasteiger charge is -2.54. The highest BCUT2D eigenvalue weighted by Crippen LogP contribution is 2.47. The fourth-order valence-electron chi connectivity index (χ4n) is 2.96. The number of para-hydroxylation sites is 1. The molecule has 0 radical (unpaired) electrons. The number of fused-ring (bicyclic) bond motifs is 4. The topological polar surface area (TPSA) is 50.8 Å². The van der Waals surface area contributed by atoms with Gasteiger partial charge in [0, 0.05) is 12.6 Å². The van der Waals surface area contributed by atoms with Crippen LogP contribution in [0.5, 0.6) is 5.75 Å². The molecule has 20 heavy (non-hydrogen) atoms. The molecule has 1 aromatic rings. The first kappa shape index (κ1) is 13.2. The van der Waals surface area contributed by atoms with Crippen molar-refractivity contribution in [1.29, 1.82) is 0 Å². The lowest BCUT2D eigenvalue weighted by atomic mass is 9.80. The Balaban J connectivity index is 2.18. The van der Waals surface area contributed by atoms with Gasteiger partial charge in [0.25, 0.3) is 0 Å². The van der Waals surface area contributed by atoms with Crippen LogP contribution < -0.4 is 10.1 Å². The third-order valence-electron chi connectivity index (χ3n) is 4.19. The molecule has 2 bridgehead atoms. The number of ether oxygens (including phenoxy) is 2. The van der Waals surface area contributed by atoms with Gasteiger partial charge in [0.2, 0.25) is 0 Å². The van der Waals surface area contributed by atoms with Gasteiger partial charge >= 0.3 is 5.97 Å². The zero-order chi connectivity index (χ0) is 14.5. The standard InChI is InChI=1S/C14H16N2O3S/c1-14-10(12(17)18-3)11(15-13(20)16(14)2)8-6-4-5-7-9(8)19-14/h4-7,10-11H,1-3H3,(H,15,20)/t10-,11+,14+/m1/s1. The van der Waals surface area contributed by atoms with Crippen LogP contribution in [0.3, 0.4) is 0 Å². The number of hydrogen-bond acceptors (Lipinski definition) is 4. The Labute approximate surface area is 122 Å². The molecular formula is C14H16N2O3S. The average Bonchev–Trinajstić information content (AvgIpc) is 2.44. The monoisotopic (exact) mass is 292 g/mol. The third kappa shape index (κ3) is 1.61. The Bertz CT molecular complexity index is 592. The van der Waals surface area contributed by atoms with Gasteiger partial charge in [0.05, 0.1) is 13.2 Å². The maximum atomic E-state index is 12.2. The summed E-state index contributed by atoms with van der Waals surface area (Å²) in [6, 6.07) is 7.44. The van der Waals surface area contributed by atoms with Gasteiger partial charge in [0.1, 0.15) is 11.7 Å². The van der Waals surface area contributed by atoms with E-state index >= 15 is 0 Å². The van der Waals surface area contributed by atoms with Crippen molar-refractivity contribution in [2.24, 2.45) is 5.92 Å². The molecule has 5 nitrogen and oxygen atoms in total. The molecule has 0 aromatic heterocycles. The number of esters is 1. The molecule has 2 aliphatic heterocycles. The van der Waals surface area contributed by atoms with E-state index in [1.54, 1.807) is 4.90 Å². The Kier molecular flexibility index (Phi) is 2.86. The molecule has 1 aromatic carbocycles. The Hall–Kier alpha value is -1.82. The molecule has 6 heteroatoms. The summed E-state index contributed by atoms with van der Waals surface area (Å²) in [5.41, 5.74) is 0.0740. The summed E-state index contributed by atoms with van der Waals surface area (Å²) in [6.07, 6.45) is 0. The highest BCUT2D eigenvalue weighted by Gasteiger charge is 2.58. The highest BCUT2D eigenvalue weighted by molar-refractivity contribution is 7.80. The number of rotatable bonds is 1. The third-order valence-corrected chi connectivity index (χ3v) is 4.58. The lowest BCUT2D eigenvalue weighted by molar-refractivity contribution is -0.170. The van der Waals surface area contributed by atoms with Crippen molar-refractivity contribution in [3.05, 3.63) is 29.8 Å². The molecule has 1 fully saturated rings. The molecule has 1 N–H and O–H groups in total. The quantitative estimate of drug-likeness (QED) is 0.624. The molecule has 0 saturated carbocycles. The molecule has 0 spiro atoms. The number of benzene rings is 1. The van der Waals surface area contributed by atoms with E-state index in [4.69, 9.17) is 21.7 Å². The minimum Gasteiger partial charge on any atom is -0.469 e. The minimum atomic E-state index is -0.853. The predicted molar refractivity (Wildman–Crippen MR) is 77.2 cm³/mol. The second-order valence-electron chi connectivity index (χ2n) is 5.18. The zero-order valence-electron chi connectivity index (χ0n) is 11.5. The summed E-state index contributed by atoms with van der Waals surface area (Å²) in [6.45, 7) is 1.87. The SMILES string of the molecule is COC(=O)[C@H]1[C@H]2NC(=S)N(C)[C@@]1(C)Oc1ccccc12. The van der Waals surface area contributed by atoms with E-state index in [0.717, 1.165) is 11.3 Å². The van der Waals surface area contributed by atoms with Crippen LogP contribution in [0.15, 0.2) is 24.3 Å². The molecule has 3 atom stereocenters. The van der Waals surface area contributed by atoms with Gasteiger partial charge in [-0.25, -0.2) is 0 Å². The van der Waals surface area contributed by atoms with Crippen molar-refractivity contribution in [3.63, 3.8) is 0 Å². The van der Waals surface area contributed by atoms with Crippen LogP contribution in [0.4, 0.5) is 0 Å². The largest absolute Gasteiger partial charge is 0.469 e. The molecule has 3 rings (SSSR count). The fraction of sp³-hybridized carbons (Fsp3) is 0.429. The van der Waals surface area contributed by atoms with Gasteiger partial charge in [-0.05, 0) is 25.2 Å². The molecule has 2 aliphatic rings. The van der Waals surface area contributed by atoms with Crippen LogP contribution >= 0.6 is 12.2 Å². The number of thiocarbonyl (C=S) groups is 1. The summed E-state index contributed by atoms with van der Waals surface area (Å²) >= 11 is 5.34. The Morgan fingerprint density at radius 2 is 2.20 bits per heavy atom.